The molecule has 56 heavy (non-hydrogen) atoms. The summed E-state index contributed by atoms with van der Waals surface area (Å²) in [5.41, 5.74) is 8.60. The predicted octanol–water partition coefficient (Wildman–Crippen LogP) is 10.1. The van der Waals surface area contributed by atoms with Gasteiger partial charge < -0.3 is 9.97 Å². The largest absolute Gasteiger partial charge is 0.344 e. The second-order valence-electron chi connectivity index (χ2n) is 13.5. The van der Waals surface area contributed by atoms with E-state index in [1.165, 1.54) is 0 Å². The van der Waals surface area contributed by atoms with Gasteiger partial charge >= 0.3 is 0 Å². The summed E-state index contributed by atoms with van der Waals surface area (Å²) in [6.45, 7) is 0. The number of imidazole rings is 2. The lowest BCUT2D eigenvalue weighted by Gasteiger charge is -2.30. The number of rotatable bonds is 11. The first-order valence-electron chi connectivity index (χ1n) is 17.9. The Labute approximate surface area is 334 Å². The molecule has 4 aromatic heterocycles. The van der Waals surface area contributed by atoms with Crippen LogP contribution in [0.4, 0.5) is 0 Å². The van der Waals surface area contributed by atoms with Crippen molar-refractivity contribution in [2.75, 3.05) is 0 Å². The number of hydrogen-bond acceptors (Lipinski definition) is 6. The molecule has 0 fully saturated rings. The first-order chi connectivity index (χ1) is 27.4. The van der Waals surface area contributed by atoms with E-state index in [-0.39, 0.29) is 6.42 Å². The molecule has 4 aromatic carbocycles. The molecule has 0 bridgehead atoms. The molecule has 0 radical (unpaired) electrons. The Bertz CT molecular complexity index is 2610. The molecule has 10 heteroatoms. The van der Waals surface area contributed by atoms with Gasteiger partial charge in [-0.1, -0.05) is 108 Å². The van der Waals surface area contributed by atoms with Crippen molar-refractivity contribution < 1.29 is 0 Å². The van der Waals surface area contributed by atoms with Gasteiger partial charge in [0.2, 0.25) is 0 Å². The molecule has 8 aromatic rings. The van der Waals surface area contributed by atoms with Crippen molar-refractivity contribution in [1.82, 2.24) is 29.9 Å². The highest BCUT2D eigenvalue weighted by atomic mass is 35.5. The third-order valence-corrected chi connectivity index (χ3v) is 10.4. The molecule has 0 unspecified atom stereocenters. The quantitative estimate of drug-likeness (QED) is 0.126. The lowest BCUT2D eigenvalue weighted by atomic mass is 9.77. The van der Waals surface area contributed by atoms with Crippen LogP contribution in [0.15, 0.2) is 146 Å². The molecule has 8 nitrogen and oxygen atoms in total. The maximum absolute atomic E-state index is 9.33. The van der Waals surface area contributed by atoms with Crippen LogP contribution in [0.3, 0.4) is 0 Å². The van der Waals surface area contributed by atoms with Gasteiger partial charge in [-0.25, -0.2) is 15.0 Å². The molecule has 0 spiro atoms. The SMILES string of the molecule is N#Cc1ccc(Cc2cnc(C(Cc3ccc(-c4ccccc4)c(Cl)n3)(c3cc(Cl)c(-c4ccccc4)cn3)c3ncc(Cc4ccc(C#N)cc4)[nH]3)[nH]2)cc1. The van der Waals surface area contributed by atoms with Gasteiger partial charge in [0.15, 0.2) is 0 Å². The van der Waals surface area contributed by atoms with Crippen LogP contribution in [0.2, 0.25) is 10.2 Å². The number of aromatic nitrogens is 6. The summed E-state index contributed by atoms with van der Waals surface area (Å²) in [6.07, 6.45) is 6.80. The number of nitrogens with zero attached hydrogens (tertiary/aromatic N) is 6. The van der Waals surface area contributed by atoms with Crippen LogP contribution < -0.4 is 0 Å². The van der Waals surface area contributed by atoms with E-state index in [1.807, 2.05) is 140 Å². The summed E-state index contributed by atoms with van der Waals surface area (Å²) in [5.74, 6) is 1.17. The highest BCUT2D eigenvalue weighted by Gasteiger charge is 2.44. The number of nitrogens with one attached hydrogen (secondary N) is 2. The molecule has 0 aliphatic carbocycles. The Kier molecular flexibility index (Phi) is 10.2. The minimum Gasteiger partial charge on any atom is -0.344 e. The summed E-state index contributed by atoms with van der Waals surface area (Å²) in [6, 6.07) is 45.0. The van der Waals surface area contributed by atoms with Gasteiger partial charge in [-0.2, -0.15) is 10.5 Å². The van der Waals surface area contributed by atoms with E-state index in [4.69, 9.17) is 43.1 Å². The fourth-order valence-corrected chi connectivity index (χ4v) is 7.49. The average Bonchev–Trinajstić information content (AvgIpc) is 3.92. The standard InChI is InChI=1S/C46H32Cl2N8/c47-41-23-42(51-29-40(41)35-9-5-2-6-10-35)46(24-36-19-20-39(43(48)54-36)34-7-3-1-4-8-34,44-52-27-37(55-44)21-30-11-15-32(25-49)16-12-30)45-53-28-38(56-45)22-31-13-17-33(26-50)18-14-31/h1-20,23,27-29H,21-22,24H2,(H,52,55)(H,53,56). The summed E-state index contributed by atoms with van der Waals surface area (Å²) in [4.78, 5) is 27.4. The Balaban J connectivity index is 1.29. The molecule has 0 aliphatic rings. The molecule has 0 amide bonds. The lowest BCUT2D eigenvalue weighted by molar-refractivity contribution is 0.521. The topological polar surface area (TPSA) is 131 Å². The number of hydrogen-bond donors (Lipinski definition) is 2. The molecular formula is C46H32Cl2N8. The van der Waals surface area contributed by atoms with Crippen LogP contribution >= 0.6 is 23.2 Å². The molecule has 8 rings (SSSR count). The zero-order valence-electron chi connectivity index (χ0n) is 29.9. The first kappa shape index (κ1) is 36.2. The summed E-state index contributed by atoms with van der Waals surface area (Å²) < 4.78 is 0. The molecule has 0 atom stereocenters. The number of H-pyrrole nitrogens is 2. The molecule has 0 aliphatic heterocycles. The number of halogens is 2. The average molecular weight is 768 g/mol. The van der Waals surface area contributed by atoms with E-state index in [1.54, 1.807) is 6.20 Å². The fraction of sp³-hybridized carbons (Fsp3) is 0.0870. The van der Waals surface area contributed by atoms with Crippen molar-refractivity contribution >= 4 is 23.2 Å². The van der Waals surface area contributed by atoms with E-state index < -0.39 is 5.41 Å². The minimum atomic E-state index is -1.16. The van der Waals surface area contributed by atoms with E-state index in [9.17, 15) is 10.5 Å². The zero-order chi connectivity index (χ0) is 38.5. The second kappa shape index (κ2) is 15.9. The third kappa shape index (κ3) is 7.45. The Morgan fingerprint density at radius 2 is 1.09 bits per heavy atom. The molecule has 270 valence electrons. The molecule has 0 saturated carbocycles. The Morgan fingerprint density at radius 1 is 0.571 bits per heavy atom. The van der Waals surface area contributed by atoms with Crippen LogP contribution in [0.1, 0.15) is 56.7 Å². The first-order valence-corrected chi connectivity index (χ1v) is 18.7. The van der Waals surface area contributed by atoms with Gasteiger partial charge in [-0.3, -0.25) is 4.98 Å². The lowest BCUT2D eigenvalue weighted by Crippen LogP contribution is -2.36. The third-order valence-electron chi connectivity index (χ3n) is 9.83. The molecule has 2 N–H and O–H groups in total. The van der Waals surface area contributed by atoms with Crippen molar-refractivity contribution in [3.8, 4) is 34.4 Å². The van der Waals surface area contributed by atoms with E-state index in [0.29, 0.717) is 57.2 Å². The van der Waals surface area contributed by atoms with Crippen molar-refractivity contribution in [3.63, 3.8) is 0 Å². The number of pyridine rings is 2. The Morgan fingerprint density at radius 3 is 1.57 bits per heavy atom. The van der Waals surface area contributed by atoms with Gasteiger partial charge in [0.05, 0.1) is 34.0 Å². The van der Waals surface area contributed by atoms with Crippen molar-refractivity contribution in [2.45, 2.75) is 24.7 Å². The summed E-state index contributed by atoms with van der Waals surface area (Å²) in [7, 11) is 0. The second-order valence-corrected chi connectivity index (χ2v) is 14.3. The summed E-state index contributed by atoms with van der Waals surface area (Å²) in [5, 5.41) is 19.5. The van der Waals surface area contributed by atoms with Gasteiger partial charge in [0, 0.05) is 66.1 Å². The Hall–Kier alpha value is -6.84. The van der Waals surface area contributed by atoms with Crippen molar-refractivity contribution in [1.29, 1.82) is 10.5 Å². The van der Waals surface area contributed by atoms with Gasteiger partial charge in [0.25, 0.3) is 0 Å². The van der Waals surface area contributed by atoms with Gasteiger partial charge in [-0.05, 0) is 64.7 Å². The molecular weight excluding hydrogens is 735 g/mol. The van der Waals surface area contributed by atoms with Gasteiger partial charge in [0.1, 0.15) is 22.2 Å². The molecule has 0 saturated heterocycles. The van der Waals surface area contributed by atoms with E-state index >= 15 is 0 Å². The number of nitriles is 2. The van der Waals surface area contributed by atoms with Crippen LogP contribution in [-0.2, 0) is 24.7 Å². The van der Waals surface area contributed by atoms with E-state index in [2.05, 4.69) is 22.1 Å². The fourth-order valence-electron chi connectivity index (χ4n) is 6.95. The summed E-state index contributed by atoms with van der Waals surface area (Å²) >= 11 is 14.1. The maximum atomic E-state index is 9.33. The number of benzene rings is 4. The van der Waals surface area contributed by atoms with Crippen molar-refractivity contribution in [3.05, 3.63) is 213 Å². The predicted molar refractivity (Wildman–Crippen MR) is 218 cm³/mol. The van der Waals surface area contributed by atoms with E-state index in [0.717, 1.165) is 44.8 Å². The smallest absolute Gasteiger partial charge is 0.137 e. The zero-order valence-corrected chi connectivity index (χ0v) is 31.4. The minimum absolute atomic E-state index is 0.267. The van der Waals surface area contributed by atoms with Crippen LogP contribution in [0.25, 0.3) is 22.3 Å². The van der Waals surface area contributed by atoms with Crippen molar-refractivity contribution in [2.24, 2.45) is 0 Å². The molecule has 4 heterocycles. The van der Waals surface area contributed by atoms with Crippen LogP contribution in [0, 0.1) is 22.7 Å². The van der Waals surface area contributed by atoms with Gasteiger partial charge in [-0.15, -0.1) is 0 Å². The number of aromatic amines is 2. The normalized spacial score (nSPS) is 11.2. The van der Waals surface area contributed by atoms with Crippen LogP contribution in [-0.4, -0.2) is 29.9 Å². The highest BCUT2D eigenvalue weighted by Crippen LogP contribution is 2.41. The maximum Gasteiger partial charge on any atom is 0.137 e. The monoisotopic (exact) mass is 766 g/mol. The highest BCUT2D eigenvalue weighted by molar-refractivity contribution is 6.33. The van der Waals surface area contributed by atoms with Crippen LogP contribution in [0.5, 0.6) is 0 Å².